The van der Waals surface area contributed by atoms with Crippen LogP contribution in [0.15, 0.2) is 18.2 Å². The van der Waals surface area contributed by atoms with Crippen LogP contribution in [0.5, 0.6) is 0 Å². The molecule has 1 aliphatic heterocycles. The van der Waals surface area contributed by atoms with Crippen molar-refractivity contribution in [2.75, 3.05) is 26.7 Å². The zero-order chi connectivity index (χ0) is 15.4. The van der Waals surface area contributed by atoms with Crippen LogP contribution in [-0.2, 0) is 6.54 Å². The van der Waals surface area contributed by atoms with Crippen LogP contribution < -0.4 is 5.73 Å². The van der Waals surface area contributed by atoms with Gasteiger partial charge in [-0.05, 0) is 51.2 Å². The maximum absolute atomic E-state index is 6.35. The fourth-order valence-corrected chi connectivity index (χ4v) is 3.27. The zero-order valence-corrected chi connectivity index (χ0v) is 14.4. The van der Waals surface area contributed by atoms with E-state index in [1.165, 1.54) is 25.9 Å². The molecule has 0 spiro atoms. The first kappa shape index (κ1) is 16.7. The Morgan fingerprint density at radius 3 is 2.62 bits per heavy atom. The van der Waals surface area contributed by atoms with Gasteiger partial charge in [0.25, 0.3) is 0 Å². The summed E-state index contributed by atoms with van der Waals surface area (Å²) in [6.07, 6.45) is 2.46. The van der Waals surface area contributed by atoms with Crippen molar-refractivity contribution in [3.63, 3.8) is 0 Å². The van der Waals surface area contributed by atoms with Crippen LogP contribution in [0.2, 0.25) is 5.02 Å². The van der Waals surface area contributed by atoms with E-state index >= 15 is 0 Å². The summed E-state index contributed by atoms with van der Waals surface area (Å²) in [6, 6.07) is 6.50. The third-order valence-electron chi connectivity index (χ3n) is 4.38. The minimum atomic E-state index is 0.392. The predicted molar refractivity (Wildman–Crippen MR) is 93.9 cm³/mol. The van der Waals surface area contributed by atoms with Gasteiger partial charge in [-0.3, -0.25) is 4.90 Å². The fourth-order valence-electron chi connectivity index (χ4n) is 2.90. The number of piperidine rings is 1. The highest BCUT2D eigenvalue weighted by Crippen LogP contribution is 2.22. The van der Waals surface area contributed by atoms with Crippen molar-refractivity contribution >= 4 is 28.8 Å². The third-order valence-corrected chi connectivity index (χ3v) is 4.97. The number of thiocarbonyl (C=S) groups is 1. The second-order valence-corrected chi connectivity index (χ2v) is 6.60. The van der Waals surface area contributed by atoms with Crippen LogP contribution in [0.1, 0.15) is 30.9 Å². The first-order valence-corrected chi connectivity index (χ1v) is 8.30. The number of rotatable bonds is 5. The van der Waals surface area contributed by atoms with Gasteiger partial charge in [-0.15, -0.1) is 0 Å². The summed E-state index contributed by atoms with van der Waals surface area (Å²) in [6.45, 7) is 6.64. The second-order valence-electron chi connectivity index (χ2n) is 5.75. The number of benzene rings is 1. The highest BCUT2D eigenvalue weighted by molar-refractivity contribution is 7.80. The second kappa shape index (κ2) is 7.54. The number of nitrogens with zero attached hydrogens (tertiary/aromatic N) is 2. The maximum Gasteiger partial charge on any atom is 0.104 e. The van der Waals surface area contributed by atoms with Crippen molar-refractivity contribution in [3.05, 3.63) is 34.3 Å². The fraction of sp³-hybridized carbons (Fsp3) is 0.562. The standard InChI is InChI=1S/C16H24ClN3S/c1-3-20-8-6-14(7-9-20)19(2)11-13-5-4-12(16(18)21)10-15(13)17/h4-5,10,14H,3,6-9,11H2,1-2H3,(H2,18,21). The Labute approximate surface area is 138 Å². The van der Waals surface area contributed by atoms with E-state index in [9.17, 15) is 0 Å². The highest BCUT2D eigenvalue weighted by atomic mass is 35.5. The van der Waals surface area contributed by atoms with Crippen molar-refractivity contribution in [2.45, 2.75) is 32.4 Å². The molecule has 3 nitrogen and oxygen atoms in total. The van der Waals surface area contributed by atoms with Crippen LogP contribution in [0.4, 0.5) is 0 Å². The van der Waals surface area contributed by atoms with Gasteiger partial charge < -0.3 is 10.6 Å². The molecule has 5 heteroatoms. The molecule has 1 aromatic rings. The molecule has 2 N–H and O–H groups in total. The molecule has 0 amide bonds. The van der Waals surface area contributed by atoms with Gasteiger partial charge in [0.15, 0.2) is 0 Å². The van der Waals surface area contributed by atoms with Crippen LogP contribution in [0.3, 0.4) is 0 Å². The molecule has 21 heavy (non-hydrogen) atoms. The van der Waals surface area contributed by atoms with Crippen molar-refractivity contribution in [3.8, 4) is 0 Å². The number of hydrogen-bond donors (Lipinski definition) is 1. The minimum Gasteiger partial charge on any atom is -0.389 e. The topological polar surface area (TPSA) is 32.5 Å². The van der Waals surface area contributed by atoms with Gasteiger partial charge in [0.05, 0.1) is 0 Å². The van der Waals surface area contributed by atoms with E-state index in [2.05, 4.69) is 23.8 Å². The minimum absolute atomic E-state index is 0.392. The lowest BCUT2D eigenvalue weighted by Gasteiger charge is -2.36. The van der Waals surface area contributed by atoms with Gasteiger partial charge in [0.2, 0.25) is 0 Å². The van der Waals surface area contributed by atoms with E-state index in [1.807, 2.05) is 18.2 Å². The van der Waals surface area contributed by atoms with Crippen molar-refractivity contribution in [2.24, 2.45) is 5.73 Å². The van der Waals surface area contributed by atoms with Gasteiger partial charge in [0.1, 0.15) is 4.99 Å². The van der Waals surface area contributed by atoms with Crippen LogP contribution in [0, 0.1) is 0 Å². The van der Waals surface area contributed by atoms with Gasteiger partial charge in [-0.25, -0.2) is 0 Å². The molecule has 0 unspecified atom stereocenters. The molecule has 0 aliphatic carbocycles. The Kier molecular flexibility index (Phi) is 5.99. The van der Waals surface area contributed by atoms with Crippen LogP contribution in [0.25, 0.3) is 0 Å². The Morgan fingerprint density at radius 2 is 2.10 bits per heavy atom. The monoisotopic (exact) mass is 325 g/mol. The number of likely N-dealkylation sites (tertiary alicyclic amines) is 1. The first-order valence-electron chi connectivity index (χ1n) is 7.52. The Bertz CT molecular complexity index is 498. The summed E-state index contributed by atoms with van der Waals surface area (Å²) in [7, 11) is 2.18. The highest BCUT2D eigenvalue weighted by Gasteiger charge is 2.22. The smallest absolute Gasteiger partial charge is 0.104 e. The van der Waals surface area contributed by atoms with Crippen LogP contribution >= 0.6 is 23.8 Å². The summed E-state index contributed by atoms with van der Waals surface area (Å²) in [5.74, 6) is 0. The lowest BCUT2D eigenvalue weighted by molar-refractivity contribution is 0.127. The van der Waals surface area contributed by atoms with Gasteiger partial charge >= 0.3 is 0 Å². The van der Waals surface area contributed by atoms with Gasteiger partial charge in [0, 0.05) is 23.2 Å². The summed E-state index contributed by atoms with van der Waals surface area (Å²) in [5.41, 5.74) is 7.60. The molecule has 1 saturated heterocycles. The lowest BCUT2D eigenvalue weighted by Crippen LogP contribution is -2.42. The molecule has 1 aromatic carbocycles. The molecule has 2 rings (SSSR count). The van der Waals surface area contributed by atoms with Crippen molar-refractivity contribution in [1.82, 2.24) is 9.80 Å². The molecule has 0 atom stereocenters. The average Bonchev–Trinajstić information content (AvgIpc) is 2.49. The number of hydrogen-bond acceptors (Lipinski definition) is 3. The molecule has 0 aromatic heterocycles. The van der Waals surface area contributed by atoms with E-state index in [4.69, 9.17) is 29.6 Å². The van der Waals surface area contributed by atoms with Crippen molar-refractivity contribution < 1.29 is 0 Å². The molecular weight excluding hydrogens is 302 g/mol. The van der Waals surface area contributed by atoms with Gasteiger partial charge in [-0.1, -0.05) is 42.9 Å². The lowest BCUT2D eigenvalue weighted by atomic mass is 10.0. The largest absolute Gasteiger partial charge is 0.389 e. The molecule has 0 radical (unpaired) electrons. The van der Waals surface area contributed by atoms with Crippen LogP contribution in [-0.4, -0.2) is 47.5 Å². The molecule has 1 heterocycles. The molecule has 1 fully saturated rings. The van der Waals surface area contributed by atoms with Gasteiger partial charge in [-0.2, -0.15) is 0 Å². The Hall–Kier alpha value is -0.680. The molecule has 116 valence electrons. The number of halogens is 1. The maximum atomic E-state index is 6.35. The molecular formula is C16H24ClN3S. The predicted octanol–water partition coefficient (Wildman–Crippen LogP) is 2.89. The number of nitrogens with two attached hydrogens (primary N) is 1. The van der Waals surface area contributed by atoms with E-state index in [1.54, 1.807) is 0 Å². The van der Waals surface area contributed by atoms with E-state index in [0.717, 1.165) is 29.2 Å². The molecule has 0 saturated carbocycles. The summed E-state index contributed by atoms with van der Waals surface area (Å²) < 4.78 is 0. The van der Waals surface area contributed by atoms with E-state index in [-0.39, 0.29) is 0 Å². The molecule has 1 aliphatic rings. The SMILES string of the molecule is CCN1CCC(N(C)Cc2ccc(C(N)=S)cc2Cl)CC1. The summed E-state index contributed by atoms with van der Waals surface area (Å²) >= 11 is 11.3. The van der Waals surface area contributed by atoms with E-state index in [0.29, 0.717) is 11.0 Å². The normalized spacial score (nSPS) is 17.3. The Morgan fingerprint density at radius 1 is 1.43 bits per heavy atom. The summed E-state index contributed by atoms with van der Waals surface area (Å²) in [4.78, 5) is 5.31. The first-order chi connectivity index (χ1) is 10.0. The quantitative estimate of drug-likeness (QED) is 0.844. The van der Waals surface area contributed by atoms with E-state index < -0.39 is 0 Å². The zero-order valence-electron chi connectivity index (χ0n) is 12.8. The Balaban J connectivity index is 1.96. The van der Waals surface area contributed by atoms with Crippen molar-refractivity contribution in [1.29, 1.82) is 0 Å². The summed E-state index contributed by atoms with van der Waals surface area (Å²) in [5, 5.41) is 0.748. The molecule has 0 bridgehead atoms. The average molecular weight is 326 g/mol. The third kappa shape index (κ3) is 4.39.